The lowest BCUT2D eigenvalue weighted by atomic mass is 10.1. The van der Waals surface area contributed by atoms with E-state index in [-0.39, 0.29) is 5.91 Å². The quantitative estimate of drug-likeness (QED) is 0.597. The van der Waals surface area contributed by atoms with Crippen molar-refractivity contribution in [2.75, 3.05) is 12.4 Å². The van der Waals surface area contributed by atoms with Gasteiger partial charge in [0.25, 0.3) is 5.91 Å². The molecular weight excluding hydrogens is 388 g/mol. The number of esters is 1. The molecule has 0 radical (unpaired) electrons. The maximum absolute atomic E-state index is 12.8. The van der Waals surface area contributed by atoms with Crippen molar-refractivity contribution < 1.29 is 19.1 Å². The van der Waals surface area contributed by atoms with Crippen LogP contribution < -0.4 is 10.1 Å². The van der Waals surface area contributed by atoms with Gasteiger partial charge in [-0.1, -0.05) is 23.8 Å². The SMILES string of the molecule is COC(=O)c1ccc(C)c(NC(=O)c2sc(COc3ccc(C)cc3)nc2C)c1. The second-order valence-electron chi connectivity index (χ2n) is 6.60. The monoisotopic (exact) mass is 410 g/mol. The maximum Gasteiger partial charge on any atom is 0.337 e. The lowest BCUT2D eigenvalue weighted by Crippen LogP contribution is -2.13. The van der Waals surface area contributed by atoms with Gasteiger partial charge in [0.1, 0.15) is 22.2 Å². The molecule has 1 heterocycles. The number of benzene rings is 2. The fourth-order valence-electron chi connectivity index (χ4n) is 2.68. The Kier molecular flexibility index (Phi) is 6.29. The number of rotatable bonds is 6. The summed E-state index contributed by atoms with van der Waals surface area (Å²) < 4.78 is 10.5. The summed E-state index contributed by atoms with van der Waals surface area (Å²) in [4.78, 5) is 29.5. The van der Waals surface area contributed by atoms with Crippen LogP contribution in [0.5, 0.6) is 5.75 Å². The molecule has 0 unspecified atom stereocenters. The molecule has 1 N–H and O–H groups in total. The van der Waals surface area contributed by atoms with E-state index < -0.39 is 5.97 Å². The second-order valence-corrected chi connectivity index (χ2v) is 7.68. The zero-order valence-electron chi connectivity index (χ0n) is 16.7. The first-order valence-corrected chi connectivity index (χ1v) is 9.85. The third kappa shape index (κ3) is 5.00. The van der Waals surface area contributed by atoms with Crippen molar-refractivity contribution in [1.29, 1.82) is 0 Å². The van der Waals surface area contributed by atoms with Gasteiger partial charge < -0.3 is 14.8 Å². The van der Waals surface area contributed by atoms with Gasteiger partial charge in [0.2, 0.25) is 0 Å². The number of nitrogens with zero attached hydrogens (tertiary/aromatic N) is 1. The van der Waals surface area contributed by atoms with Crippen molar-refractivity contribution in [1.82, 2.24) is 4.98 Å². The molecule has 29 heavy (non-hydrogen) atoms. The predicted molar refractivity (Wildman–Crippen MR) is 113 cm³/mol. The van der Waals surface area contributed by atoms with Crippen LogP contribution in [0.4, 0.5) is 5.69 Å². The number of ether oxygens (including phenoxy) is 2. The van der Waals surface area contributed by atoms with Gasteiger partial charge in [-0.2, -0.15) is 0 Å². The summed E-state index contributed by atoms with van der Waals surface area (Å²) in [5.74, 6) is 0.0291. The summed E-state index contributed by atoms with van der Waals surface area (Å²) in [7, 11) is 1.32. The largest absolute Gasteiger partial charge is 0.486 e. The highest BCUT2D eigenvalue weighted by Gasteiger charge is 2.17. The van der Waals surface area contributed by atoms with Crippen LogP contribution in [-0.2, 0) is 11.3 Å². The van der Waals surface area contributed by atoms with Crippen LogP contribution in [-0.4, -0.2) is 24.0 Å². The van der Waals surface area contributed by atoms with Crippen LogP contribution in [0.2, 0.25) is 0 Å². The average Bonchev–Trinajstić information content (AvgIpc) is 3.09. The van der Waals surface area contributed by atoms with Crippen LogP contribution in [0.25, 0.3) is 0 Å². The number of carbonyl (C=O) groups is 2. The molecule has 0 aliphatic heterocycles. The van der Waals surface area contributed by atoms with E-state index in [9.17, 15) is 9.59 Å². The van der Waals surface area contributed by atoms with E-state index in [1.165, 1.54) is 18.4 Å². The van der Waals surface area contributed by atoms with Crippen LogP contribution in [0.15, 0.2) is 42.5 Å². The molecule has 3 rings (SSSR count). The first kappa shape index (κ1) is 20.5. The Morgan fingerprint density at radius 2 is 1.79 bits per heavy atom. The summed E-state index contributed by atoms with van der Waals surface area (Å²) in [6.07, 6.45) is 0. The van der Waals surface area contributed by atoms with E-state index in [4.69, 9.17) is 9.47 Å². The summed E-state index contributed by atoms with van der Waals surface area (Å²) in [5.41, 5.74) is 3.57. The lowest BCUT2D eigenvalue weighted by Gasteiger charge is -2.09. The van der Waals surface area contributed by atoms with Gasteiger partial charge >= 0.3 is 5.97 Å². The van der Waals surface area contributed by atoms with Crippen LogP contribution in [0.3, 0.4) is 0 Å². The molecule has 0 spiro atoms. The molecule has 6 nitrogen and oxygen atoms in total. The van der Waals surface area contributed by atoms with Crippen LogP contribution in [0, 0.1) is 20.8 Å². The minimum absolute atomic E-state index is 0.272. The molecule has 1 amide bonds. The summed E-state index contributed by atoms with van der Waals surface area (Å²) in [6, 6.07) is 12.8. The number of nitrogens with one attached hydrogen (secondary N) is 1. The number of anilines is 1. The number of carbonyl (C=O) groups excluding carboxylic acids is 2. The van der Waals surface area contributed by atoms with Gasteiger partial charge in [-0.15, -0.1) is 11.3 Å². The third-order valence-corrected chi connectivity index (χ3v) is 5.47. The number of thiazole rings is 1. The molecule has 0 saturated carbocycles. The van der Waals surface area contributed by atoms with Gasteiger partial charge in [-0.3, -0.25) is 4.79 Å². The Balaban J connectivity index is 1.71. The fourth-order valence-corrected chi connectivity index (χ4v) is 3.56. The number of hydrogen-bond acceptors (Lipinski definition) is 6. The molecule has 2 aromatic carbocycles. The Labute approximate surface area is 173 Å². The van der Waals surface area contributed by atoms with Crippen molar-refractivity contribution in [3.8, 4) is 5.75 Å². The molecule has 150 valence electrons. The van der Waals surface area contributed by atoms with E-state index in [2.05, 4.69) is 10.3 Å². The Morgan fingerprint density at radius 3 is 2.48 bits per heavy atom. The first-order valence-electron chi connectivity index (χ1n) is 9.03. The van der Waals surface area contributed by atoms with E-state index >= 15 is 0 Å². The number of methoxy groups -OCH3 is 1. The van der Waals surface area contributed by atoms with Crippen molar-refractivity contribution >= 4 is 28.9 Å². The van der Waals surface area contributed by atoms with Gasteiger partial charge in [-0.25, -0.2) is 9.78 Å². The highest BCUT2D eigenvalue weighted by atomic mass is 32.1. The Bertz CT molecular complexity index is 1040. The highest BCUT2D eigenvalue weighted by molar-refractivity contribution is 7.13. The lowest BCUT2D eigenvalue weighted by molar-refractivity contribution is 0.0600. The molecule has 0 bridgehead atoms. The Morgan fingerprint density at radius 1 is 1.07 bits per heavy atom. The van der Waals surface area contributed by atoms with Gasteiger partial charge in [0, 0.05) is 5.69 Å². The zero-order chi connectivity index (χ0) is 21.0. The topological polar surface area (TPSA) is 77.5 Å². The molecule has 0 atom stereocenters. The first-order chi connectivity index (χ1) is 13.9. The van der Waals surface area contributed by atoms with Crippen molar-refractivity contribution in [3.05, 3.63) is 74.7 Å². The van der Waals surface area contributed by atoms with E-state index in [0.717, 1.165) is 16.9 Å². The minimum atomic E-state index is -0.454. The minimum Gasteiger partial charge on any atom is -0.486 e. The fraction of sp³-hybridized carbons (Fsp3) is 0.227. The number of hydrogen-bond donors (Lipinski definition) is 1. The maximum atomic E-state index is 12.8. The van der Waals surface area contributed by atoms with Gasteiger partial charge in [0.15, 0.2) is 0 Å². The molecule has 1 aromatic heterocycles. The molecule has 7 heteroatoms. The van der Waals surface area contributed by atoms with Gasteiger partial charge in [-0.05, 0) is 50.6 Å². The average molecular weight is 410 g/mol. The van der Waals surface area contributed by atoms with Gasteiger partial charge in [0.05, 0.1) is 18.4 Å². The zero-order valence-corrected chi connectivity index (χ0v) is 17.6. The Hall–Kier alpha value is -3.19. The summed E-state index contributed by atoms with van der Waals surface area (Å²) in [6.45, 7) is 5.95. The molecule has 0 saturated heterocycles. The third-order valence-electron chi connectivity index (χ3n) is 4.34. The highest BCUT2D eigenvalue weighted by Crippen LogP contribution is 2.24. The number of aryl methyl sites for hydroxylation is 3. The van der Waals surface area contributed by atoms with E-state index in [1.807, 2.05) is 38.1 Å². The van der Waals surface area contributed by atoms with Crippen molar-refractivity contribution in [2.24, 2.45) is 0 Å². The molecular formula is C22H22N2O4S. The summed E-state index contributed by atoms with van der Waals surface area (Å²) in [5, 5.41) is 3.58. The van der Waals surface area contributed by atoms with E-state index in [1.54, 1.807) is 25.1 Å². The van der Waals surface area contributed by atoms with Crippen LogP contribution >= 0.6 is 11.3 Å². The van der Waals surface area contributed by atoms with Crippen molar-refractivity contribution in [3.63, 3.8) is 0 Å². The van der Waals surface area contributed by atoms with E-state index in [0.29, 0.717) is 33.4 Å². The standard InChI is InChI=1S/C22H22N2O4S/c1-13-5-9-17(10-6-13)28-12-19-23-15(3)20(29-19)21(25)24-18-11-16(22(26)27-4)8-7-14(18)2/h5-11H,12H2,1-4H3,(H,24,25). The summed E-state index contributed by atoms with van der Waals surface area (Å²) >= 11 is 1.29. The van der Waals surface area contributed by atoms with Crippen LogP contribution in [0.1, 0.15) is 41.9 Å². The number of amides is 1. The molecule has 0 aliphatic rings. The normalized spacial score (nSPS) is 10.5. The van der Waals surface area contributed by atoms with Crippen molar-refractivity contribution in [2.45, 2.75) is 27.4 Å². The second kappa shape index (κ2) is 8.87. The molecule has 3 aromatic rings. The smallest absolute Gasteiger partial charge is 0.337 e. The predicted octanol–water partition coefficient (Wildman–Crippen LogP) is 4.69. The molecule has 0 fully saturated rings. The number of aromatic nitrogens is 1. The molecule has 0 aliphatic carbocycles.